The van der Waals surface area contributed by atoms with Crippen LogP contribution in [0, 0.1) is 27.7 Å². The van der Waals surface area contributed by atoms with Crippen molar-refractivity contribution in [2.24, 2.45) is 0 Å². The van der Waals surface area contributed by atoms with E-state index < -0.39 is 5.97 Å². The van der Waals surface area contributed by atoms with Crippen molar-refractivity contribution in [2.75, 3.05) is 0 Å². The van der Waals surface area contributed by atoms with Crippen LogP contribution in [0.4, 0.5) is 0 Å². The molecule has 5 rings (SSSR count). The highest BCUT2D eigenvalue weighted by atomic mass is 16.4. The Morgan fingerprint density at radius 2 is 1.27 bits per heavy atom. The van der Waals surface area contributed by atoms with Crippen LogP contribution < -0.4 is 21.4 Å². The second-order valence-electron chi connectivity index (χ2n) is 10.2. The van der Waals surface area contributed by atoms with E-state index in [0.717, 1.165) is 73.7 Å². The molecule has 0 radical (unpaired) electrons. The Hall–Kier alpha value is -3.93. The summed E-state index contributed by atoms with van der Waals surface area (Å²) < 4.78 is 0. The summed E-state index contributed by atoms with van der Waals surface area (Å²) in [5, 5.41) is 13.6. The van der Waals surface area contributed by atoms with Crippen LogP contribution in [-0.4, -0.2) is 31.0 Å². The zero-order valence-electron chi connectivity index (χ0n) is 22.6. The van der Waals surface area contributed by atoms with Crippen molar-refractivity contribution in [3.05, 3.63) is 89.2 Å². The van der Waals surface area contributed by atoms with E-state index in [-0.39, 0.29) is 6.42 Å². The van der Waals surface area contributed by atoms with Gasteiger partial charge in [-0.05, 0) is 116 Å². The fourth-order valence-corrected chi connectivity index (χ4v) is 5.72. The number of aromatic nitrogens is 4. The van der Waals surface area contributed by atoms with Crippen molar-refractivity contribution in [1.82, 2.24) is 19.9 Å². The van der Waals surface area contributed by atoms with E-state index in [4.69, 9.17) is 0 Å². The predicted octanol–water partition coefficient (Wildman–Crippen LogP) is 3.00. The Morgan fingerprint density at radius 1 is 0.676 bits per heavy atom. The topological polar surface area (TPSA) is 100 Å². The average Bonchev–Trinajstić information content (AvgIpc) is 3.52. The molecule has 0 saturated heterocycles. The van der Waals surface area contributed by atoms with Crippen LogP contribution >= 0.6 is 0 Å². The molecule has 0 saturated carbocycles. The highest BCUT2D eigenvalue weighted by Gasteiger charge is 2.14. The number of carbonyl (C=O) groups is 1. The Bertz CT molecular complexity index is 1770. The van der Waals surface area contributed by atoms with Gasteiger partial charge in [-0.25, -0.2) is 0 Å². The maximum Gasteiger partial charge on any atom is 0.303 e. The van der Waals surface area contributed by atoms with Crippen LogP contribution in [0.2, 0.25) is 0 Å². The number of hydrogen-bond acceptors (Lipinski definition) is 1. The minimum absolute atomic E-state index is 0.0937. The van der Waals surface area contributed by atoms with Crippen molar-refractivity contribution < 1.29 is 9.90 Å². The van der Waals surface area contributed by atoms with Gasteiger partial charge in [0.1, 0.15) is 0 Å². The van der Waals surface area contributed by atoms with Gasteiger partial charge in [0.15, 0.2) is 0 Å². The molecule has 0 unspecified atom stereocenters. The number of H-pyrrole nitrogens is 4. The van der Waals surface area contributed by atoms with Gasteiger partial charge in [0, 0.05) is 50.6 Å². The third kappa shape index (κ3) is 4.41. The molecule has 5 N–H and O–H groups in total. The lowest BCUT2D eigenvalue weighted by Crippen LogP contribution is -2.13. The van der Waals surface area contributed by atoms with Crippen LogP contribution in [0.15, 0.2) is 6.07 Å². The average molecular weight is 497 g/mol. The number of aromatic amines is 4. The number of carboxylic acid groups (broad SMARTS) is 1. The summed E-state index contributed by atoms with van der Waals surface area (Å²) in [7, 11) is 0. The first-order chi connectivity index (χ1) is 17.7. The highest BCUT2D eigenvalue weighted by molar-refractivity contribution is 5.68. The molecule has 192 valence electrons. The Morgan fingerprint density at radius 3 is 1.92 bits per heavy atom. The zero-order chi connectivity index (χ0) is 26.4. The van der Waals surface area contributed by atoms with Gasteiger partial charge < -0.3 is 25.0 Å². The second kappa shape index (κ2) is 9.51. The lowest BCUT2D eigenvalue weighted by atomic mass is 10.0. The lowest BCUT2D eigenvalue weighted by Gasteiger charge is -1.98. The number of aryl methyl sites for hydroxylation is 1. The summed E-state index contributed by atoms with van der Waals surface area (Å²) in [5.41, 5.74) is 12.7. The van der Waals surface area contributed by atoms with E-state index in [9.17, 15) is 9.90 Å². The van der Waals surface area contributed by atoms with E-state index in [1.807, 2.05) is 0 Å². The van der Waals surface area contributed by atoms with Crippen LogP contribution in [0.3, 0.4) is 0 Å². The molecule has 1 aliphatic heterocycles. The number of fused-ring (bicyclic) bond motifs is 8. The van der Waals surface area contributed by atoms with Crippen LogP contribution in [0.5, 0.6) is 0 Å². The quantitative estimate of drug-likeness (QED) is 0.258. The molecule has 37 heavy (non-hydrogen) atoms. The first-order valence-electron chi connectivity index (χ1n) is 13.1. The molecule has 1 aliphatic rings. The third-order valence-electron chi connectivity index (χ3n) is 7.89. The van der Waals surface area contributed by atoms with Gasteiger partial charge in [-0.2, -0.15) is 0 Å². The molecule has 5 heterocycles. The van der Waals surface area contributed by atoms with Gasteiger partial charge in [0.2, 0.25) is 0 Å². The van der Waals surface area contributed by atoms with Gasteiger partial charge in [0.25, 0.3) is 0 Å². The molecule has 4 aromatic heterocycles. The number of aliphatic carboxylic acids is 1. The zero-order valence-corrected chi connectivity index (χ0v) is 22.6. The standard InChI is InChI=1S/C31H36N4O2/c1-7-21-18(5)27-15-30-22(8-2)17(4)25(34-30)14-26-19(6)23(9-10-31(36)37)28(33-26)12-20-11-16(3)24(32-20)13-29(21)35-27/h11-15,32-35H,7-10H2,1-6H3,(H,36,37). The van der Waals surface area contributed by atoms with Gasteiger partial charge in [-0.15, -0.1) is 0 Å². The fraction of sp³-hybridized carbons (Fsp3) is 0.323. The summed E-state index contributed by atoms with van der Waals surface area (Å²) >= 11 is 0. The van der Waals surface area contributed by atoms with Crippen LogP contribution in [-0.2, 0) is 24.1 Å². The van der Waals surface area contributed by atoms with E-state index in [2.05, 4.69) is 91.8 Å². The number of rotatable bonds is 5. The maximum atomic E-state index is 11.4. The molecule has 8 bridgehead atoms. The molecule has 0 fully saturated rings. The van der Waals surface area contributed by atoms with Gasteiger partial charge >= 0.3 is 5.97 Å². The first-order valence-corrected chi connectivity index (χ1v) is 13.1. The predicted molar refractivity (Wildman–Crippen MR) is 150 cm³/mol. The van der Waals surface area contributed by atoms with E-state index in [0.29, 0.717) is 6.42 Å². The lowest BCUT2D eigenvalue weighted by molar-refractivity contribution is -0.136. The number of nitrogens with one attached hydrogen (secondary N) is 4. The second-order valence-corrected chi connectivity index (χ2v) is 10.2. The monoisotopic (exact) mass is 496 g/mol. The van der Waals surface area contributed by atoms with E-state index in [1.54, 1.807) is 0 Å². The molecule has 4 aromatic rings. The molecule has 0 aliphatic carbocycles. The summed E-state index contributed by atoms with van der Waals surface area (Å²) in [6.45, 7) is 13.0. The molecule has 6 nitrogen and oxygen atoms in total. The summed E-state index contributed by atoms with van der Waals surface area (Å²) in [6.07, 6.45) is 11.2. The minimum Gasteiger partial charge on any atom is -0.481 e. The molecule has 0 amide bonds. The van der Waals surface area contributed by atoms with E-state index >= 15 is 0 Å². The molecule has 0 spiro atoms. The van der Waals surface area contributed by atoms with Crippen molar-refractivity contribution in [3.63, 3.8) is 0 Å². The fourth-order valence-electron chi connectivity index (χ4n) is 5.72. The van der Waals surface area contributed by atoms with E-state index in [1.165, 1.54) is 22.3 Å². The summed E-state index contributed by atoms with van der Waals surface area (Å²) in [6, 6.07) is 2.15. The number of hydrogen-bond donors (Lipinski definition) is 5. The van der Waals surface area contributed by atoms with Gasteiger partial charge in [-0.1, -0.05) is 13.8 Å². The molecule has 0 aromatic carbocycles. The van der Waals surface area contributed by atoms with Crippen molar-refractivity contribution >= 4 is 30.3 Å². The largest absolute Gasteiger partial charge is 0.481 e. The Balaban J connectivity index is 1.88. The highest BCUT2D eigenvalue weighted by Crippen LogP contribution is 2.21. The SMILES string of the molecule is CCc1c2[nH]c(c1C)C=c1[nH]c(c(CCC(=O)O)c1C)=Cc1cc(C)c([nH]1)C=c1[nH]c(c(C)c1CC)=C2. The Labute approximate surface area is 216 Å². The number of carboxylic acids is 1. The van der Waals surface area contributed by atoms with Crippen LogP contribution in [0.1, 0.15) is 82.0 Å². The Kier molecular flexibility index (Phi) is 6.36. The third-order valence-corrected chi connectivity index (χ3v) is 7.89. The smallest absolute Gasteiger partial charge is 0.303 e. The van der Waals surface area contributed by atoms with Gasteiger partial charge in [-0.3, -0.25) is 4.79 Å². The molecule has 0 atom stereocenters. The summed E-state index contributed by atoms with van der Waals surface area (Å²) in [5.74, 6) is -0.789. The molecule has 6 heteroatoms. The van der Waals surface area contributed by atoms with Crippen LogP contribution in [0.25, 0.3) is 24.3 Å². The maximum absolute atomic E-state index is 11.4. The molecular formula is C31H36N4O2. The van der Waals surface area contributed by atoms with Gasteiger partial charge in [0.05, 0.1) is 0 Å². The van der Waals surface area contributed by atoms with Crippen molar-refractivity contribution in [1.29, 1.82) is 0 Å². The minimum atomic E-state index is -0.789. The summed E-state index contributed by atoms with van der Waals surface area (Å²) in [4.78, 5) is 25.9. The van der Waals surface area contributed by atoms with Crippen molar-refractivity contribution in [2.45, 2.75) is 67.2 Å². The first kappa shape index (κ1) is 24.8. The molecular weight excluding hydrogens is 460 g/mol. The van der Waals surface area contributed by atoms with Crippen molar-refractivity contribution in [3.8, 4) is 0 Å². The normalized spacial score (nSPS) is 12.5.